The number of hydrogen-bond acceptors (Lipinski definition) is 1. The van der Waals surface area contributed by atoms with E-state index >= 15 is 0 Å². The monoisotopic (exact) mass is 215 g/mol. The standard InChI is InChI=1S/C14H14FN/c1-9-4-6-14(16)12(7-9)11-5-3-10(2)8-13(11)15/h3-8H,16H2,1-2H3. The minimum atomic E-state index is -0.225. The third-order valence-corrected chi connectivity index (χ3v) is 2.62. The molecule has 0 heterocycles. The van der Waals surface area contributed by atoms with Crippen LogP contribution in [0.25, 0.3) is 11.1 Å². The first-order chi connectivity index (χ1) is 7.58. The average molecular weight is 215 g/mol. The van der Waals surface area contributed by atoms with Gasteiger partial charge in [0.1, 0.15) is 5.82 Å². The van der Waals surface area contributed by atoms with E-state index in [4.69, 9.17) is 5.73 Å². The van der Waals surface area contributed by atoms with Crippen LogP contribution in [0.3, 0.4) is 0 Å². The molecule has 2 heteroatoms. The molecular weight excluding hydrogens is 201 g/mol. The second-order valence-electron chi connectivity index (χ2n) is 4.07. The van der Waals surface area contributed by atoms with E-state index < -0.39 is 0 Å². The predicted molar refractivity (Wildman–Crippen MR) is 65.7 cm³/mol. The van der Waals surface area contributed by atoms with Crippen molar-refractivity contribution in [1.29, 1.82) is 0 Å². The molecule has 2 rings (SSSR count). The second kappa shape index (κ2) is 3.97. The molecule has 2 N–H and O–H groups in total. The molecule has 0 atom stereocenters. The van der Waals surface area contributed by atoms with Gasteiger partial charge in [-0.2, -0.15) is 0 Å². The molecule has 0 spiro atoms. The number of anilines is 1. The molecule has 0 unspecified atom stereocenters. The Hall–Kier alpha value is -1.83. The smallest absolute Gasteiger partial charge is 0.131 e. The van der Waals surface area contributed by atoms with Crippen LogP contribution in [0.15, 0.2) is 36.4 Å². The lowest BCUT2D eigenvalue weighted by molar-refractivity contribution is 0.630. The molecule has 2 aromatic rings. The largest absolute Gasteiger partial charge is 0.398 e. The van der Waals surface area contributed by atoms with E-state index in [1.165, 1.54) is 6.07 Å². The van der Waals surface area contributed by atoms with Crippen molar-refractivity contribution >= 4 is 5.69 Å². The number of halogens is 1. The zero-order valence-electron chi connectivity index (χ0n) is 9.42. The number of nitrogen functional groups attached to an aromatic ring is 1. The summed E-state index contributed by atoms with van der Waals surface area (Å²) >= 11 is 0. The Labute approximate surface area is 94.7 Å². The maximum atomic E-state index is 13.8. The molecular formula is C14H14FN. The number of aryl methyl sites for hydroxylation is 2. The lowest BCUT2D eigenvalue weighted by Gasteiger charge is -2.08. The number of benzene rings is 2. The van der Waals surface area contributed by atoms with Gasteiger partial charge >= 0.3 is 0 Å². The van der Waals surface area contributed by atoms with Crippen LogP contribution in [-0.2, 0) is 0 Å². The normalized spacial score (nSPS) is 10.4. The minimum absolute atomic E-state index is 0.225. The van der Waals surface area contributed by atoms with Crippen molar-refractivity contribution in [2.75, 3.05) is 5.73 Å². The van der Waals surface area contributed by atoms with Crippen LogP contribution in [-0.4, -0.2) is 0 Å². The van der Waals surface area contributed by atoms with Gasteiger partial charge in [-0.1, -0.05) is 23.8 Å². The summed E-state index contributed by atoms with van der Waals surface area (Å²) in [5, 5.41) is 0. The Bertz CT molecular complexity index is 532. The quantitative estimate of drug-likeness (QED) is 0.721. The van der Waals surface area contributed by atoms with E-state index in [0.717, 1.165) is 16.7 Å². The molecule has 0 aliphatic rings. The molecule has 0 aromatic heterocycles. The summed E-state index contributed by atoms with van der Waals surface area (Å²) in [6.45, 7) is 3.83. The first-order valence-electron chi connectivity index (χ1n) is 5.20. The van der Waals surface area contributed by atoms with Crippen molar-refractivity contribution in [2.45, 2.75) is 13.8 Å². The van der Waals surface area contributed by atoms with E-state index in [2.05, 4.69) is 0 Å². The van der Waals surface area contributed by atoms with Gasteiger partial charge < -0.3 is 5.73 Å². The van der Waals surface area contributed by atoms with E-state index in [0.29, 0.717) is 11.3 Å². The van der Waals surface area contributed by atoms with Gasteiger partial charge in [-0.15, -0.1) is 0 Å². The molecule has 0 saturated heterocycles. The highest BCUT2D eigenvalue weighted by atomic mass is 19.1. The third kappa shape index (κ3) is 1.91. The SMILES string of the molecule is Cc1ccc(-c2cc(C)ccc2N)c(F)c1. The van der Waals surface area contributed by atoms with E-state index in [9.17, 15) is 4.39 Å². The van der Waals surface area contributed by atoms with Crippen LogP contribution in [0.1, 0.15) is 11.1 Å². The summed E-state index contributed by atoms with van der Waals surface area (Å²) in [7, 11) is 0. The van der Waals surface area contributed by atoms with Crippen molar-refractivity contribution in [3.8, 4) is 11.1 Å². The highest BCUT2D eigenvalue weighted by molar-refractivity contribution is 5.77. The van der Waals surface area contributed by atoms with Gasteiger partial charge in [-0.05, 0) is 37.6 Å². The van der Waals surface area contributed by atoms with Gasteiger partial charge in [-0.3, -0.25) is 0 Å². The zero-order valence-corrected chi connectivity index (χ0v) is 9.42. The van der Waals surface area contributed by atoms with Crippen molar-refractivity contribution in [1.82, 2.24) is 0 Å². The van der Waals surface area contributed by atoms with Crippen molar-refractivity contribution in [2.24, 2.45) is 0 Å². The number of rotatable bonds is 1. The number of hydrogen-bond donors (Lipinski definition) is 1. The molecule has 0 radical (unpaired) electrons. The van der Waals surface area contributed by atoms with Gasteiger partial charge in [0.25, 0.3) is 0 Å². The van der Waals surface area contributed by atoms with Crippen LogP contribution in [0, 0.1) is 19.7 Å². The lowest BCUT2D eigenvalue weighted by Crippen LogP contribution is -1.93. The van der Waals surface area contributed by atoms with Crippen LogP contribution in [0.5, 0.6) is 0 Å². The van der Waals surface area contributed by atoms with Gasteiger partial charge in [0.2, 0.25) is 0 Å². The van der Waals surface area contributed by atoms with Gasteiger partial charge in [-0.25, -0.2) is 4.39 Å². The van der Waals surface area contributed by atoms with Gasteiger partial charge in [0, 0.05) is 16.8 Å². The minimum Gasteiger partial charge on any atom is -0.398 e. The summed E-state index contributed by atoms with van der Waals surface area (Å²) in [6.07, 6.45) is 0. The zero-order chi connectivity index (χ0) is 11.7. The Morgan fingerprint density at radius 2 is 1.50 bits per heavy atom. The summed E-state index contributed by atoms with van der Waals surface area (Å²) in [6, 6.07) is 10.8. The van der Waals surface area contributed by atoms with E-state index in [1.54, 1.807) is 6.07 Å². The highest BCUT2D eigenvalue weighted by Crippen LogP contribution is 2.29. The molecule has 82 valence electrons. The fraction of sp³-hybridized carbons (Fsp3) is 0.143. The van der Waals surface area contributed by atoms with Crippen LogP contribution >= 0.6 is 0 Å². The fourth-order valence-electron chi connectivity index (χ4n) is 1.74. The molecule has 0 bridgehead atoms. The summed E-state index contributed by atoms with van der Waals surface area (Å²) < 4.78 is 13.8. The summed E-state index contributed by atoms with van der Waals surface area (Å²) in [4.78, 5) is 0. The van der Waals surface area contributed by atoms with Crippen LogP contribution in [0.4, 0.5) is 10.1 Å². The molecule has 0 amide bonds. The van der Waals surface area contributed by atoms with Crippen LogP contribution in [0.2, 0.25) is 0 Å². The molecule has 2 aromatic carbocycles. The molecule has 1 nitrogen and oxygen atoms in total. The number of nitrogens with two attached hydrogens (primary N) is 1. The molecule has 0 fully saturated rings. The molecule has 0 aliphatic carbocycles. The maximum Gasteiger partial charge on any atom is 0.131 e. The first kappa shape index (κ1) is 10.7. The Morgan fingerprint density at radius 3 is 2.19 bits per heavy atom. The summed E-state index contributed by atoms with van der Waals surface area (Å²) in [5.41, 5.74) is 9.77. The van der Waals surface area contributed by atoms with E-state index in [-0.39, 0.29) is 5.82 Å². The predicted octanol–water partition coefficient (Wildman–Crippen LogP) is 3.69. The topological polar surface area (TPSA) is 26.0 Å². The Balaban J connectivity index is 2.62. The van der Waals surface area contributed by atoms with Gasteiger partial charge in [0.15, 0.2) is 0 Å². The first-order valence-corrected chi connectivity index (χ1v) is 5.20. The van der Waals surface area contributed by atoms with E-state index in [1.807, 2.05) is 38.1 Å². The Kier molecular flexibility index (Phi) is 2.65. The Morgan fingerprint density at radius 1 is 0.875 bits per heavy atom. The molecule has 16 heavy (non-hydrogen) atoms. The lowest BCUT2D eigenvalue weighted by atomic mass is 10.00. The second-order valence-corrected chi connectivity index (χ2v) is 4.07. The average Bonchev–Trinajstić information content (AvgIpc) is 2.22. The molecule has 0 saturated carbocycles. The van der Waals surface area contributed by atoms with Crippen LogP contribution < -0.4 is 5.73 Å². The highest BCUT2D eigenvalue weighted by Gasteiger charge is 2.08. The molecule has 0 aliphatic heterocycles. The van der Waals surface area contributed by atoms with Crippen molar-refractivity contribution in [3.05, 3.63) is 53.3 Å². The fourth-order valence-corrected chi connectivity index (χ4v) is 1.74. The van der Waals surface area contributed by atoms with Crippen molar-refractivity contribution in [3.63, 3.8) is 0 Å². The maximum absolute atomic E-state index is 13.8. The third-order valence-electron chi connectivity index (χ3n) is 2.62. The summed E-state index contributed by atoms with van der Waals surface area (Å²) in [5.74, 6) is -0.225. The van der Waals surface area contributed by atoms with Crippen molar-refractivity contribution < 1.29 is 4.39 Å². The van der Waals surface area contributed by atoms with Gasteiger partial charge in [0.05, 0.1) is 0 Å².